The monoisotopic (exact) mass is 214 g/mol. The van der Waals surface area contributed by atoms with Gasteiger partial charge in [-0.25, -0.2) is 0 Å². The van der Waals surface area contributed by atoms with E-state index in [4.69, 9.17) is 4.74 Å². The fourth-order valence-corrected chi connectivity index (χ4v) is 2.11. The molecule has 1 aliphatic rings. The Balaban J connectivity index is 1.91. The molecule has 3 rings (SSSR count). The Labute approximate surface area is 94.5 Å². The third kappa shape index (κ3) is 1.65. The topological polar surface area (TPSA) is 29.5 Å². The van der Waals surface area contributed by atoms with Gasteiger partial charge in [0.1, 0.15) is 11.9 Å². The van der Waals surface area contributed by atoms with E-state index in [9.17, 15) is 5.11 Å². The van der Waals surface area contributed by atoms with E-state index in [1.807, 2.05) is 24.3 Å². The summed E-state index contributed by atoms with van der Waals surface area (Å²) in [5.74, 6) is 0.926. The van der Waals surface area contributed by atoms with Crippen molar-refractivity contribution in [2.24, 2.45) is 0 Å². The van der Waals surface area contributed by atoms with Gasteiger partial charge in [0, 0.05) is 18.2 Å². The Morgan fingerprint density at radius 1 is 1.00 bits per heavy atom. The van der Waals surface area contributed by atoms with E-state index in [1.165, 1.54) is 5.39 Å². The van der Waals surface area contributed by atoms with Crippen molar-refractivity contribution in [1.82, 2.24) is 0 Å². The molecule has 0 heterocycles. The maximum atomic E-state index is 9.23. The fraction of sp³-hybridized carbons (Fsp3) is 0.286. The van der Waals surface area contributed by atoms with Gasteiger partial charge in [0.15, 0.2) is 0 Å². The Morgan fingerprint density at radius 2 is 1.75 bits per heavy atom. The zero-order valence-electron chi connectivity index (χ0n) is 8.97. The first-order valence-electron chi connectivity index (χ1n) is 5.65. The lowest BCUT2D eigenvalue weighted by molar-refractivity contribution is -0.0100. The van der Waals surface area contributed by atoms with Crippen LogP contribution < -0.4 is 4.74 Å². The molecule has 0 unspecified atom stereocenters. The van der Waals surface area contributed by atoms with Crippen molar-refractivity contribution in [3.8, 4) is 5.75 Å². The summed E-state index contributed by atoms with van der Waals surface area (Å²) in [6.07, 6.45) is 1.52. The van der Waals surface area contributed by atoms with Crippen molar-refractivity contribution in [1.29, 1.82) is 0 Å². The average molecular weight is 214 g/mol. The highest BCUT2D eigenvalue weighted by atomic mass is 16.5. The summed E-state index contributed by atoms with van der Waals surface area (Å²) >= 11 is 0. The molecule has 0 aliphatic heterocycles. The molecule has 1 aliphatic carbocycles. The highest BCUT2D eigenvalue weighted by Gasteiger charge is 2.29. The van der Waals surface area contributed by atoms with Crippen LogP contribution in [-0.2, 0) is 0 Å². The first-order chi connectivity index (χ1) is 7.83. The number of fused-ring (bicyclic) bond motifs is 1. The Bertz CT molecular complexity index is 496. The van der Waals surface area contributed by atoms with Crippen LogP contribution in [0.15, 0.2) is 42.5 Å². The molecule has 0 aromatic heterocycles. The number of aliphatic hydroxyl groups excluding tert-OH is 1. The minimum atomic E-state index is -0.167. The molecule has 0 amide bonds. The van der Waals surface area contributed by atoms with Crippen LogP contribution >= 0.6 is 0 Å². The molecule has 0 atom stereocenters. The highest BCUT2D eigenvalue weighted by Crippen LogP contribution is 2.30. The number of rotatable bonds is 2. The molecule has 0 bridgehead atoms. The number of benzene rings is 2. The molecule has 1 N–H and O–H groups in total. The Kier molecular flexibility index (Phi) is 2.29. The predicted octanol–water partition coefficient (Wildman–Crippen LogP) is 2.74. The van der Waals surface area contributed by atoms with Gasteiger partial charge in [-0.3, -0.25) is 0 Å². The minimum Gasteiger partial charge on any atom is -0.490 e. The SMILES string of the molecule is OC1CC(Oc2cccc3ccccc23)C1. The van der Waals surface area contributed by atoms with E-state index in [-0.39, 0.29) is 12.2 Å². The predicted molar refractivity (Wildman–Crippen MR) is 63.6 cm³/mol. The minimum absolute atomic E-state index is 0.167. The maximum Gasteiger partial charge on any atom is 0.127 e. The van der Waals surface area contributed by atoms with Gasteiger partial charge in [0.05, 0.1) is 6.10 Å². The smallest absolute Gasteiger partial charge is 0.127 e. The van der Waals surface area contributed by atoms with E-state index in [0.29, 0.717) is 0 Å². The fourth-order valence-electron chi connectivity index (χ4n) is 2.11. The van der Waals surface area contributed by atoms with Crippen molar-refractivity contribution < 1.29 is 9.84 Å². The first-order valence-corrected chi connectivity index (χ1v) is 5.65. The van der Waals surface area contributed by atoms with Crippen LogP contribution in [0.2, 0.25) is 0 Å². The molecule has 2 aromatic carbocycles. The van der Waals surface area contributed by atoms with Crippen LogP contribution in [0.5, 0.6) is 5.75 Å². The van der Waals surface area contributed by atoms with E-state index in [1.54, 1.807) is 0 Å². The van der Waals surface area contributed by atoms with Crippen LogP contribution in [0, 0.1) is 0 Å². The molecule has 0 radical (unpaired) electrons. The van der Waals surface area contributed by atoms with Crippen LogP contribution in [0.25, 0.3) is 10.8 Å². The van der Waals surface area contributed by atoms with Gasteiger partial charge in [0.25, 0.3) is 0 Å². The van der Waals surface area contributed by atoms with E-state index in [0.717, 1.165) is 24.0 Å². The third-order valence-corrected chi connectivity index (χ3v) is 3.11. The van der Waals surface area contributed by atoms with Crippen LogP contribution in [0.1, 0.15) is 12.8 Å². The van der Waals surface area contributed by atoms with Gasteiger partial charge in [-0.15, -0.1) is 0 Å². The molecule has 1 fully saturated rings. The lowest BCUT2D eigenvalue weighted by Crippen LogP contribution is -2.37. The number of ether oxygens (including phenoxy) is 1. The van der Waals surface area contributed by atoms with Gasteiger partial charge in [-0.1, -0.05) is 36.4 Å². The van der Waals surface area contributed by atoms with Crippen molar-refractivity contribution in [2.75, 3.05) is 0 Å². The average Bonchev–Trinajstić information content (AvgIpc) is 2.27. The number of hydrogen-bond acceptors (Lipinski definition) is 2. The van der Waals surface area contributed by atoms with Crippen molar-refractivity contribution in [3.63, 3.8) is 0 Å². The second kappa shape index (κ2) is 3.80. The molecule has 0 spiro atoms. The Hall–Kier alpha value is -1.54. The van der Waals surface area contributed by atoms with E-state index in [2.05, 4.69) is 18.2 Å². The molecular formula is C14H14O2. The zero-order valence-corrected chi connectivity index (χ0v) is 8.97. The second-order valence-corrected chi connectivity index (χ2v) is 4.34. The molecule has 2 heteroatoms. The van der Waals surface area contributed by atoms with Crippen molar-refractivity contribution in [2.45, 2.75) is 25.0 Å². The Morgan fingerprint density at radius 3 is 2.56 bits per heavy atom. The van der Waals surface area contributed by atoms with Gasteiger partial charge < -0.3 is 9.84 Å². The third-order valence-electron chi connectivity index (χ3n) is 3.11. The summed E-state index contributed by atoms with van der Waals surface area (Å²) in [4.78, 5) is 0. The molecule has 2 nitrogen and oxygen atoms in total. The van der Waals surface area contributed by atoms with E-state index >= 15 is 0 Å². The molecule has 82 valence electrons. The highest BCUT2D eigenvalue weighted by molar-refractivity contribution is 5.88. The lowest BCUT2D eigenvalue weighted by atomic mass is 9.92. The molecule has 2 aromatic rings. The molecule has 1 saturated carbocycles. The largest absolute Gasteiger partial charge is 0.490 e. The summed E-state index contributed by atoms with van der Waals surface area (Å²) < 4.78 is 5.87. The maximum absolute atomic E-state index is 9.23. The molecular weight excluding hydrogens is 200 g/mol. The number of hydrogen-bond donors (Lipinski definition) is 1. The van der Waals surface area contributed by atoms with Crippen molar-refractivity contribution in [3.05, 3.63) is 42.5 Å². The number of aliphatic hydroxyl groups is 1. The summed E-state index contributed by atoms with van der Waals surface area (Å²) in [7, 11) is 0. The summed E-state index contributed by atoms with van der Waals surface area (Å²) in [5, 5.41) is 11.6. The van der Waals surface area contributed by atoms with Crippen LogP contribution in [-0.4, -0.2) is 17.3 Å². The van der Waals surface area contributed by atoms with E-state index < -0.39 is 0 Å². The first kappa shape index (κ1) is 9.67. The molecule has 0 saturated heterocycles. The van der Waals surface area contributed by atoms with Gasteiger partial charge in [0.2, 0.25) is 0 Å². The summed E-state index contributed by atoms with van der Waals surface area (Å²) in [6, 6.07) is 14.3. The van der Waals surface area contributed by atoms with Gasteiger partial charge in [-0.05, 0) is 11.5 Å². The van der Waals surface area contributed by atoms with Gasteiger partial charge >= 0.3 is 0 Å². The quantitative estimate of drug-likeness (QED) is 0.833. The lowest BCUT2D eigenvalue weighted by Gasteiger charge is -2.32. The standard InChI is InChI=1S/C14H14O2/c15-11-8-12(9-11)16-14-7-3-5-10-4-1-2-6-13(10)14/h1-7,11-12,15H,8-9H2. The van der Waals surface area contributed by atoms with Crippen LogP contribution in [0.4, 0.5) is 0 Å². The zero-order chi connectivity index (χ0) is 11.0. The molecule has 16 heavy (non-hydrogen) atoms. The van der Waals surface area contributed by atoms with Crippen LogP contribution in [0.3, 0.4) is 0 Å². The normalized spacial score (nSPS) is 24.1. The second-order valence-electron chi connectivity index (χ2n) is 4.34. The van der Waals surface area contributed by atoms with Crippen molar-refractivity contribution >= 4 is 10.8 Å². The summed E-state index contributed by atoms with van der Waals surface area (Å²) in [6.45, 7) is 0. The summed E-state index contributed by atoms with van der Waals surface area (Å²) in [5.41, 5.74) is 0. The van der Waals surface area contributed by atoms with Gasteiger partial charge in [-0.2, -0.15) is 0 Å².